The van der Waals surface area contributed by atoms with Crippen molar-refractivity contribution in [3.63, 3.8) is 0 Å². The minimum atomic E-state index is -2.47. The van der Waals surface area contributed by atoms with Gasteiger partial charge in [-0.15, -0.1) is 6.58 Å². The summed E-state index contributed by atoms with van der Waals surface area (Å²) in [5.41, 5.74) is 0. The molecule has 0 fully saturated rings. The molecule has 2 atom stereocenters. The van der Waals surface area contributed by atoms with Crippen LogP contribution in [0, 0.1) is 5.92 Å². The van der Waals surface area contributed by atoms with Crippen LogP contribution in [0.3, 0.4) is 0 Å². The minimum absolute atomic E-state index is 0.00545. The lowest BCUT2D eigenvalue weighted by Gasteiger charge is -2.15. The Labute approximate surface area is 69.6 Å². The van der Waals surface area contributed by atoms with Crippen molar-refractivity contribution < 1.29 is 8.42 Å². The Morgan fingerprint density at radius 1 is 1.55 bits per heavy atom. The summed E-state index contributed by atoms with van der Waals surface area (Å²) in [5.74, 6) is 0.306. The summed E-state index contributed by atoms with van der Waals surface area (Å²) in [6, 6.07) is -0.00545. The number of thiol groups is 1. The molecule has 0 aliphatic rings. The van der Waals surface area contributed by atoms with Crippen molar-refractivity contribution >= 4 is 10.9 Å². The lowest BCUT2D eigenvalue weighted by atomic mass is 10.0. The zero-order chi connectivity index (χ0) is 8.85. The Kier molecular flexibility index (Phi) is 5.15. The smallest absolute Gasteiger partial charge is 0.201 e. The molecule has 0 aliphatic heterocycles. The number of hydrogen-bond donors (Lipinski definition) is 2. The van der Waals surface area contributed by atoms with E-state index >= 15 is 0 Å². The summed E-state index contributed by atoms with van der Waals surface area (Å²) < 4.78 is 22.9. The van der Waals surface area contributed by atoms with E-state index in [1.165, 1.54) is 0 Å². The SMILES string of the molecule is C=CC[C@H](C)[C@@H](C)N[SH](=O)=O. The molecular formula is C7H15NO2S. The van der Waals surface area contributed by atoms with Crippen LogP contribution in [-0.4, -0.2) is 14.5 Å². The predicted octanol–water partition coefficient (Wildman–Crippen LogP) is 0.703. The monoisotopic (exact) mass is 177 g/mol. The van der Waals surface area contributed by atoms with Crippen molar-refractivity contribution in [3.8, 4) is 0 Å². The molecule has 0 bridgehead atoms. The van der Waals surface area contributed by atoms with Gasteiger partial charge in [0.15, 0.2) is 0 Å². The first-order chi connectivity index (χ1) is 5.07. The highest BCUT2D eigenvalue weighted by molar-refractivity contribution is 7.70. The number of rotatable bonds is 5. The van der Waals surface area contributed by atoms with E-state index < -0.39 is 10.9 Å². The van der Waals surface area contributed by atoms with Crippen molar-refractivity contribution in [2.75, 3.05) is 0 Å². The van der Waals surface area contributed by atoms with E-state index in [9.17, 15) is 8.42 Å². The summed E-state index contributed by atoms with van der Waals surface area (Å²) in [6.45, 7) is 7.41. The molecule has 0 aliphatic carbocycles. The van der Waals surface area contributed by atoms with Gasteiger partial charge in [-0.1, -0.05) is 13.0 Å². The average molecular weight is 177 g/mol. The van der Waals surface area contributed by atoms with Crippen LogP contribution >= 0.6 is 0 Å². The van der Waals surface area contributed by atoms with Crippen molar-refractivity contribution in [1.82, 2.24) is 4.72 Å². The Balaban J connectivity index is 3.80. The zero-order valence-corrected chi connectivity index (χ0v) is 7.80. The lowest BCUT2D eigenvalue weighted by molar-refractivity contribution is 0.454. The summed E-state index contributed by atoms with van der Waals surface area (Å²) >= 11 is 0. The molecule has 0 rings (SSSR count). The largest absolute Gasteiger partial charge is 0.216 e. The van der Waals surface area contributed by atoms with E-state index in [4.69, 9.17) is 0 Å². The van der Waals surface area contributed by atoms with Crippen molar-refractivity contribution in [3.05, 3.63) is 12.7 Å². The molecule has 0 spiro atoms. The summed E-state index contributed by atoms with van der Waals surface area (Å²) in [5, 5.41) is 0. The number of allylic oxidation sites excluding steroid dienone is 1. The predicted molar refractivity (Wildman–Crippen MR) is 46.9 cm³/mol. The fraction of sp³-hybridized carbons (Fsp3) is 0.714. The quantitative estimate of drug-likeness (QED) is 0.480. The number of hydrogen-bond acceptors (Lipinski definition) is 2. The van der Waals surface area contributed by atoms with Gasteiger partial charge in [-0.05, 0) is 19.3 Å². The van der Waals surface area contributed by atoms with Crippen LogP contribution in [-0.2, 0) is 10.9 Å². The van der Waals surface area contributed by atoms with Crippen LogP contribution in [0.5, 0.6) is 0 Å². The zero-order valence-electron chi connectivity index (χ0n) is 6.91. The van der Waals surface area contributed by atoms with Gasteiger partial charge in [-0.25, -0.2) is 13.1 Å². The highest BCUT2D eigenvalue weighted by Crippen LogP contribution is 2.07. The first-order valence-electron chi connectivity index (χ1n) is 3.59. The molecule has 0 saturated carbocycles. The second-order valence-corrected chi connectivity index (χ2v) is 3.45. The fourth-order valence-electron chi connectivity index (χ4n) is 0.761. The van der Waals surface area contributed by atoms with Crippen LogP contribution in [0.2, 0.25) is 0 Å². The molecule has 66 valence electrons. The maximum atomic E-state index is 10.2. The van der Waals surface area contributed by atoms with Crippen LogP contribution in [0.15, 0.2) is 12.7 Å². The Hall–Kier alpha value is -0.350. The van der Waals surface area contributed by atoms with E-state index in [-0.39, 0.29) is 6.04 Å². The van der Waals surface area contributed by atoms with Gasteiger partial charge < -0.3 is 0 Å². The summed E-state index contributed by atoms with van der Waals surface area (Å²) in [4.78, 5) is 0. The minimum Gasteiger partial charge on any atom is -0.216 e. The molecule has 0 amide bonds. The molecule has 0 aromatic heterocycles. The highest BCUT2D eigenvalue weighted by Gasteiger charge is 2.09. The number of nitrogens with one attached hydrogen (secondary N) is 1. The van der Waals surface area contributed by atoms with Crippen LogP contribution in [0.4, 0.5) is 0 Å². The Morgan fingerprint density at radius 2 is 2.09 bits per heavy atom. The molecule has 0 heterocycles. The molecule has 0 aromatic rings. The average Bonchev–Trinajstić information content (AvgIpc) is 1.86. The molecule has 0 unspecified atom stereocenters. The molecule has 1 N–H and O–H groups in total. The molecule has 0 radical (unpaired) electrons. The van der Waals surface area contributed by atoms with Gasteiger partial charge in [0.1, 0.15) is 0 Å². The van der Waals surface area contributed by atoms with Gasteiger partial charge in [-0.2, -0.15) is 0 Å². The van der Waals surface area contributed by atoms with Crippen molar-refractivity contribution in [1.29, 1.82) is 0 Å². The van der Waals surface area contributed by atoms with Gasteiger partial charge in [0.25, 0.3) is 0 Å². The third kappa shape index (κ3) is 4.98. The fourth-order valence-corrected chi connectivity index (χ4v) is 1.35. The topological polar surface area (TPSA) is 46.2 Å². The van der Waals surface area contributed by atoms with E-state index in [0.717, 1.165) is 6.42 Å². The lowest BCUT2D eigenvalue weighted by Crippen LogP contribution is -2.30. The van der Waals surface area contributed by atoms with E-state index in [1.807, 2.05) is 13.8 Å². The molecule has 0 saturated heterocycles. The van der Waals surface area contributed by atoms with Gasteiger partial charge in [0.05, 0.1) is 0 Å². The summed E-state index contributed by atoms with van der Waals surface area (Å²) in [7, 11) is -2.47. The molecule has 4 heteroatoms. The van der Waals surface area contributed by atoms with Gasteiger partial charge in [0.2, 0.25) is 10.9 Å². The van der Waals surface area contributed by atoms with Crippen molar-refractivity contribution in [2.24, 2.45) is 5.92 Å². The molecule has 11 heavy (non-hydrogen) atoms. The maximum Gasteiger partial charge on any atom is 0.201 e. The third-order valence-corrected chi connectivity index (χ3v) is 2.32. The summed E-state index contributed by atoms with van der Waals surface area (Å²) in [6.07, 6.45) is 2.62. The van der Waals surface area contributed by atoms with E-state index in [0.29, 0.717) is 5.92 Å². The molecule has 3 nitrogen and oxygen atoms in total. The van der Waals surface area contributed by atoms with Crippen molar-refractivity contribution in [2.45, 2.75) is 26.3 Å². The normalized spacial score (nSPS) is 16.3. The van der Waals surface area contributed by atoms with Crippen LogP contribution < -0.4 is 4.72 Å². The maximum absolute atomic E-state index is 10.2. The Bertz CT molecular complexity index is 181. The van der Waals surface area contributed by atoms with Gasteiger partial charge in [-0.3, -0.25) is 0 Å². The van der Waals surface area contributed by atoms with E-state index in [2.05, 4.69) is 11.3 Å². The molecular weight excluding hydrogens is 162 g/mol. The van der Waals surface area contributed by atoms with Crippen LogP contribution in [0.1, 0.15) is 20.3 Å². The molecule has 0 aromatic carbocycles. The van der Waals surface area contributed by atoms with E-state index in [1.54, 1.807) is 6.08 Å². The third-order valence-electron chi connectivity index (χ3n) is 1.70. The van der Waals surface area contributed by atoms with Gasteiger partial charge in [0, 0.05) is 6.04 Å². The second-order valence-electron chi connectivity index (χ2n) is 2.68. The standard InChI is InChI=1S/C7H15NO2S/c1-4-5-6(2)7(3)8-11(9)10/h4,6-7,11H,1,5H2,2-3H3,(H,8,9,10)/t6-,7+/m0/s1. The first-order valence-corrected chi connectivity index (χ1v) is 4.77. The highest BCUT2D eigenvalue weighted by atomic mass is 32.2. The first kappa shape index (κ1) is 10.7. The van der Waals surface area contributed by atoms with Crippen LogP contribution in [0.25, 0.3) is 0 Å². The Morgan fingerprint density at radius 3 is 2.45 bits per heavy atom. The van der Waals surface area contributed by atoms with Gasteiger partial charge >= 0.3 is 0 Å². The second kappa shape index (κ2) is 5.32.